The molecule has 9 aromatic carbocycles. The molecule has 1 atom stereocenters. The molecule has 0 bridgehead atoms. The summed E-state index contributed by atoms with van der Waals surface area (Å²) in [6.45, 7) is 11.4. The minimum Gasteiger partial charge on any atom is -0.375 e. The average molecular weight is 770 g/mol. The lowest BCUT2D eigenvalue weighted by Crippen LogP contribution is -2.18. The standard InChI is InChI=1S/C59H47N/c1-39(41-19-9-5-10-20-41)35-56(60-40(2)42-21-11-6-12-22-42)47-31-34-51-53(37-47)58(44-25-15-8-16-26-44)50-33-30-45(36-52(50)57(51)43-23-13-7-14-24-43)46-29-32-49-48-27-17-18-28-54(48)59(3,4)55(49)38-46/h5-38,56,60H,2H2,1,3-4H3/b39-35+. The molecule has 0 aromatic heterocycles. The van der Waals surface area contributed by atoms with Crippen molar-refractivity contribution in [1.82, 2.24) is 5.32 Å². The van der Waals surface area contributed by atoms with Crippen molar-refractivity contribution in [2.24, 2.45) is 0 Å². The van der Waals surface area contributed by atoms with Gasteiger partial charge in [-0.05, 0) is 125 Å². The molecule has 0 spiro atoms. The molecule has 1 aliphatic rings. The molecule has 10 rings (SSSR count). The first-order valence-electron chi connectivity index (χ1n) is 21.0. The van der Waals surface area contributed by atoms with E-state index in [0.717, 1.165) is 11.3 Å². The van der Waals surface area contributed by atoms with Gasteiger partial charge in [0, 0.05) is 11.1 Å². The van der Waals surface area contributed by atoms with Gasteiger partial charge in [-0.3, -0.25) is 0 Å². The maximum atomic E-state index is 4.52. The number of nitrogens with one attached hydrogen (secondary N) is 1. The molecular weight excluding hydrogens is 723 g/mol. The molecule has 1 heteroatoms. The Morgan fingerprint density at radius 3 is 1.62 bits per heavy atom. The Bertz CT molecular complexity index is 3080. The van der Waals surface area contributed by atoms with E-state index in [1.165, 1.54) is 93.9 Å². The van der Waals surface area contributed by atoms with Gasteiger partial charge in [-0.25, -0.2) is 0 Å². The highest BCUT2D eigenvalue weighted by atomic mass is 14.9. The second kappa shape index (κ2) is 15.2. The van der Waals surface area contributed by atoms with E-state index in [1.807, 2.05) is 6.07 Å². The van der Waals surface area contributed by atoms with Crippen LogP contribution in [0, 0.1) is 0 Å². The third kappa shape index (κ3) is 6.53. The summed E-state index contributed by atoms with van der Waals surface area (Å²) in [6.07, 6.45) is 2.34. The van der Waals surface area contributed by atoms with Crippen LogP contribution >= 0.6 is 0 Å². The van der Waals surface area contributed by atoms with Crippen molar-refractivity contribution in [3.63, 3.8) is 0 Å². The number of fused-ring (bicyclic) bond motifs is 5. The molecule has 0 amide bonds. The Morgan fingerprint density at radius 2 is 0.967 bits per heavy atom. The van der Waals surface area contributed by atoms with Crippen LogP contribution in [0.4, 0.5) is 0 Å². The molecule has 9 aromatic rings. The Morgan fingerprint density at radius 1 is 0.467 bits per heavy atom. The van der Waals surface area contributed by atoms with E-state index in [-0.39, 0.29) is 11.5 Å². The second-order valence-corrected chi connectivity index (χ2v) is 16.7. The Kier molecular flexibility index (Phi) is 9.38. The maximum Gasteiger partial charge on any atom is 0.0704 e. The predicted molar refractivity (Wildman–Crippen MR) is 257 cm³/mol. The van der Waals surface area contributed by atoms with Crippen LogP contribution in [-0.4, -0.2) is 0 Å². The van der Waals surface area contributed by atoms with Crippen molar-refractivity contribution in [3.8, 4) is 44.5 Å². The molecule has 1 N–H and O–H groups in total. The minimum absolute atomic E-state index is 0.0721. The summed E-state index contributed by atoms with van der Waals surface area (Å²) in [4.78, 5) is 0. The maximum absolute atomic E-state index is 4.52. The molecule has 1 aliphatic carbocycles. The zero-order valence-electron chi connectivity index (χ0n) is 34.4. The molecule has 288 valence electrons. The van der Waals surface area contributed by atoms with Crippen molar-refractivity contribution < 1.29 is 0 Å². The van der Waals surface area contributed by atoms with E-state index in [2.05, 4.69) is 233 Å². The summed E-state index contributed by atoms with van der Waals surface area (Å²) in [5.41, 5.74) is 18.3. The van der Waals surface area contributed by atoms with Gasteiger partial charge in [-0.2, -0.15) is 0 Å². The van der Waals surface area contributed by atoms with Crippen molar-refractivity contribution >= 4 is 32.8 Å². The van der Waals surface area contributed by atoms with E-state index in [9.17, 15) is 0 Å². The largest absolute Gasteiger partial charge is 0.375 e. The van der Waals surface area contributed by atoms with Gasteiger partial charge in [0.25, 0.3) is 0 Å². The number of benzene rings is 9. The van der Waals surface area contributed by atoms with Crippen LogP contribution in [-0.2, 0) is 5.41 Å². The topological polar surface area (TPSA) is 12.0 Å². The zero-order chi connectivity index (χ0) is 40.8. The van der Waals surface area contributed by atoms with Crippen LogP contribution in [0.1, 0.15) is 54.6 Å². The fourth-order valence-corrected chi connectivity index (χ4v) is 9.51. The third-order valence-corrected chi connectivity index (χ3v) is 12.6. The summed E-state index contributed by atoms with van der Waals surface area (Å²) in [6, 6.07) is 72.9. The van der Waals surface area contributed by atoms with E-state index in [4.69, 9.17) is 0 Å². The second-order valence-electron chi connectivity index (χ2n) is 16.7. The van der Waals surface area contributed by atoms with Crippen molar-refractivity contribution in [1.29, 1.82) is 0 Å². The van der Waals surface area contributed by atoms with E-state index >= 15 is 0 Å². The van der Waals surface area contributed by atoms with Crippen molar-refractivity contribution in [2.75, 3.05) is 0 Å². The lowest BCUT2D eigenvalue weighted by atomic mass is 9.81. The van der Waals surface area contributed by atoms with Crippen LogP contribution < -0.4 is 5.32 Å². The highest BCUT2D eigenvalue weighted by Gasteiger charge is 2.35. The Balaban J connectivity index is 1.20. The van der Waals surface area contributed by atoms with Gasteiger partial charge in [0.15, 0.2) is 0 Å². The summed E-state index contributed by atoms with van der Waals surface area (Å²) in [7, 11) is 0. The van der Waals surface area contributed by atoms with Crippen LogP contribution in [0.5, 0.6) is 0 Å². The van der Waals surface area contributed by atoms with E-state index in [0.29, 0.717) is 0 Å². The average Bonchev–Trinajstić information content (AvgIpc) is 3.53. The minimum atomic E-state index is -0.139. The van der Waals surface area contributed by atoms with Gasteiger partial charge < -0.3 is 5.32 Å². The summed E-state index contributed by atoms with van der Waals surface area (Å²) in [5, 5.41) is 8.76. The number of hydrogen-bond acceptors (Lipinski definition) is 1. The molecule has 0 heterocycles. The molecular formula is C59H47N. The Hall–Kier alpha value is -7.22. The Labute approximate surface area is 354 Å². The van der Waals surface area contributed by atoms with Gasteiger partial charge >= 0.3 is 0 Å². The quantitative estimate of drug-likeness (QED) is 0.144. The lowest BCUT2D eigenvalue weighted by molar-refractivity contribution is 0.660. The first-order valence-corrected chi connectivity index (χ1v) is 21.0. The molecule has 0 saturated heterocycles. The normalized spacial score (nSPS) is 13.5. The van der Waals surface area contributed by atoms with Crippen LogP contribution in [0.3, 0.4) is 0 Å². The fourth-order valence-electron chi connectivity index (χ4n) is 9.51. The van der Waals surface area contributed by atoms with Gasteiger partial charge in [0.05, 0.1) is 6.04 Å². The van der Waals surface area contributed by atoms with Gasteiger partial charge in [0.1, 0.15) is 0 Å². The summed E-state index contributed by atoms with van der Waals surface area (Å²) in [5.74, 6) is 0. The highest BCUT2D eigenvalue weighted by molar-refractivity contribution is 6.22. The SMILES string of the molecule is C=C(NC(/C=C(\C)c1ccccc1)c1ccc2c(-c3ccccc3)c3cc(-c4ccc5c(c4)C(C)(C)c4ccccc4-5)ccc3c(-c3ccccc3)c2c1)c1ccccc1. The monoisotopic (exact) mass is 769 g/mol. The van der Waals surface area contributed by atoms with Crippen LogP contribution in [0.15, 0.2) is 213 Å². The fraction of sp³-hybridized carbons (Fsp3) is 0.0847. The predicted octanol–water partition coefficient (Wildman–Crippen LogP) is 15.7. The molecule has 0 saturated carbocycles. The van der Waals surface area contributed by atoms with Crippen LogP contribution in [0.25, 0.3) is 77.3 Å². The zero-order valence-corrected chi connectivity index (χ0v) is 34.4. The van der Waals surface area contributed by atoms with E-state index < -0.39 is 0 Å². The highest BCUT2D eigenvalue weighted by Crippen LogP contribution is 2.50. The number of allylic oxidation sites excluding steroid dienone is 1. The van der Waals surface area contributed by atoms with Crippen LogP contribution in [0.2, 0.25) is 0 Å². The summed E-state index contributed by atoms with van der Waals surface area (Å²) < 4.78 is 0. The molecule has 1 nitrogen and oxygen atoms in total. The van der Waals surface area contributed by atoms with Crippen molar-refractivity contribution in [3.05, 3.63) is 241 Å². The summed E-state index contributed by atoms with van der Waals surface area (Å²) >= 11 is 0. The molecule has 0 fully saturated rings. The third-order valence-electron chi connectivity index (χ3n) is 12.6. The first kappa shape index (κ1) is 37.1. The molecule has 0 aliphatic heterocycles. The lowest BCUT2D eigenvalue weighted by Gasteiger charge is -2.23. The van der Waals surface area contributed by atoms with Gasteiger partial charge in [-0.15, -0.1) is 0 Å². The molecule has 0 radical (unpaired) electrons. The smallest absolute Gasteiger partial charge is 0.0704 e. The first-order chi connectivity index (χ1) is 29.3. The molecule has 60 heavy (non-hydrogen) atoms. The van der Waals surface area contributed by atoms with Crippen molar-refractivity contribution in [2.45, 2.75) is 32.2 Å². The number of hydrogen-bond donors (Lipinski definition) is 1. The van der Waals surface area contributed by atoms with Gasteiger partial charge in [0.2, 0.25) is 0 Å². The molecule has 1 unspecified atom stereocenters. The number of rotatable bonds is 9. The van der Waals surface area contributed by atoms with E-state index in [1.54, 1.807) is 0 Å². The van der Waals surface area contributed by atoms with Gasteiger partial charge in [-0.1, -0.05) is 208 Å².